The fourth-order valence-corrected chi connectivity index (χ4v) is 2.80. The highest BCUT2D eigenvalue weighted by Crippen LogP contribution is 2.16. The first-order valence-corrected chi connectivity index (χ1v) is 7.62. The Labute approximate surface area is 125 Å². The fourth-order valence-electron chi connectivity index (χ4n) is 1.77. The molecule has 0 amide bonds. The second-order valence-electron chi connectivity index (χ2n) is 4.29. The predicted octanol–water partition coefficient (Wildman–Crippen LogP) is 1.60. The molecule has 112 valence electrons. The van der Waals surface area contributed by atoms with Crippen LogP contribution in [0.15, 0.2) is 60.3 Å². The summed E-state index contributed by atoms with van der Waals surface area (Å²) in [5.41, 5.74) is 0. The standard InChI is InChI=1S/C13H10FN5O2S/c14-10-2-1-3-11(6-10)22(20,21)18-12-7-13(17-8-16-12)19-5-4-15-9-19/h1-9H,(H,16,17,18). The minimum atomic E-state index is -3.93. The molecule has 2 aromatic heterocycles. The molecule has 0 radical (unpaired) electrons. The molecule has 1 aromatic carbocycles. The van der Waals surface area contributed by atoms with Crippen molar-refractivity contribution < 1.29 is 12.8 Å². The molecule has 0 bridgehead atoms. The molecule has 0 aliphatic rings. The summed E-state index contributed by atoms with van der Waals surface area (Å²) in [6.07, 6.45) is 5.97. The lowest BCUT2D eigenvalue weighted by molar-refractivity contribution is 0.595. The first kappa shape index (κ1) is 14.1. The minimum absolute atomic E-state index is 0.0722. The van der Waals surface area contributed by atoms with Crippen molar-refractivity contribution in [2.45, 2.75) is 4.90 Å². The monoisotopic (exact) mass is 319 g/mol. The Kier molecular flexibility index (Phi) is 3.55. The summed E-state index contributed by atoms with van der Waals surface area (Å²) in [5.74, 6) is -0.114. The number of halogens is 1. The number of sulfonamides is 1. The maximum atomic E-state index is 13.2. The molecule has 0 spiro atoms. The lowest BCUT2D eigenvalue weighted by Gasteiger charge is -2.08. The van der Waals surface area contributed by atoms with Crippen molar-refractivity contribution in [2.75, 3.05) is 4.72 Å². The van der Waals surface area contributed by atoms with Gasteiger partial charge in [-0.15, -0.1) is 0 Å². The van der Waals surface area contributed by atoms with Crippen LogP contribution in [0.4, 0.5) is 10.2 Å². The number of aromatic nitrogens is 4. The molecule has 0 fully saturated rings. The van der Waals surface area contributed by atoms with Gasteiger partial charge < -0.3 is 0 Å². The maximum absolute atomic E-state index is 13.2. The van der Waals surface area contributed by atoms with Gasteiger partial charge in [0.05, 0.1) is 4.90 Å². The van der Waals surface area contributed by atoms with Crippen molar-refractivity contribution in [2.24, 2.45) is 0 Å². The fraction of sp³-hybridized carbons (Fsp3) is 0. The summed E-state index contributed by atoms with van der Waals surface area (Å²) in [7, 11) is -3.93. The number of benzene rings is 1. The highest BCUT2D eigenvalue weighted by Gasteiger charge is 2.16. The zero-order valence-corrected chi connectivity index (χ0v) is 11.9. The van der Waals surface area contributed by atoms with E-state index in [9.17, 15) is 12.8 Å². The zero-order valence-electron chi connectivity index (χ0n) is 11.1. The quantitative estimate of drug-likeness (QED) is 0.789. The van der Waals surface area contributed by atoms with Crippen LogP contribution in [0.1, 0.15) is 0 Å². The molecule has 2 heterocycles. The Morgan fingerprint density at radius 2 is 2.05 bits per heavy atom. The van der Waals surface area contributed by atoms with Gasteiger partial charge in [-0.3, -0.25) is 9.29 Å². The number of hydrogen-bond acceptors (Lipinski definition) is 5. The summed E-state index contributed by atoms with van der Waals surface area (Å²) >= 11 is 0. The van der Waals surface area contributed by atoms with Crippen LogP contribution < -0.4 is 4.72 Å². The minimum Gasteiger partial charge on any atom is -0.290 e. The lowest BCUT2D eigenvalue weighted by Crippen LogP contribution is -2.14. The molecule has 0 saturated heterocycles. The Morgan fingerprint density at radius 3 is 2.77 bits per heavy atom. The van der Waals surface area contributed by atoms with E-state index in [-0.39, 0.29) is 10.7 Å². The molecular formula is C13H10FN5O2S. The summed E-state index contributed by atoms with van der Waals surface area (Å²) in [4.78, 5) is 11.6. The highest BCUT2D eigenvalue weighted by atomic mass is 32.2. The van der Waals surface area contributed by atoms with Gasteiger partial charge in [-0.05, 0) is 18.2 Å². The van der Waals surface area contributed by atoms with Gasteiger partial charge in [0.2, 0.25) is 0 Å². The Bertz CT molecular complexity index is 896. The molecule has 3 rings (SSSR count). The molecular weight excluding hydrogens is 309 g/mol. The van der Waals surface area contributed by atoms with E-state index in [4.69, 9.17) is 0 Å². The smallest absolute Gasteiger partial charge is 0.263 e. The number of nitrogens with one attached hydrogen (secondary N) is 1. The number of anilines is 1. The van der Waals surface area contributed by atoms with Gasteiger partial charge in [-0.2, -0.15) is 0 Å². The van der Waals surface area contributed by atoms with Crippen molar-refractivity contribution in [1.82, 2.24) is 19.5 Å². The Hall–Kier alpha value is -2.81. The van der Waals surface area contributed by atoms with Gasteiger partial charge in [-0.1, -0.05) is 6.07 Å². The van der Waals surface area contributed by atoms with E-state index >= 15 is 0 Å². The van der Waals surface area contributed by atoms with Crippen LogP contribution in [0.3, 0.4) is 0 Å². The van der Waals surface area contributed by atoms with Crippen LogP contribution in [0, 0.1) is 5.82 Å². The van der Waals surface area contributed by atoms with Gasteiger partial charge >= 0.3 is 0 Å². The van der Waals surface area contributed by atoms with Crippen molar-refractivity contribution in [3.63, 3.8) is 0 Å². The molecule has 22 heavy (non-hydrogen) atoms. The van der Waals surface area contributed by atoms with Gasteiger partial charge in [-0.25, -0.2) is 27.8 Å². The van der Waals surface area contributed by atoms with Crippen molar-refractivity contribution >= 4 is 15.8 Å². The normalized spacial score (nSPS) is 11.3. The second kappa shape index (κ2) is 5.53. The topological polar surface area (TPSA) is 89.8 Å². The maximum Gasteiger partial charge on any atom is 0.263 e. The summed E-state index contributed by atoms with van der Waals surface area (Å²) in [5, 5.41) is 0. The van der Waals surface area contributed by atoms with Crippen LogP contribution in [0.5, 0.6) is 0 Å². The van der Waals surface area contributed by atoms with E-state index in [0.717, 1.165) is 6.07 Å². The van der Waals surface area contributed by atoms with Gasteiger partial charge in [0.1, 0.15) is 30.1 Å². The number of imidazole rings is 1. The number of rotatable bonds is 4. The van der Waals surface area contributed by atoms with Gasteiger partial charge in [0.15, 0.2) is 0 Å². The second-order valence-corrected chi connectivity index (χ2v) is 5.98. The van der Waals surface area contributed by atoms with Crippen molar-refractivity contribution in [3.05, 3.63) is 61.2 Å². The van der Waals surface area contributed by atoms with Crippen LogP contribution in [-0.2, 0) is 10.0 Å². The first-order chi connectivity index (χ1) is 10.5. The van der Waals surface area contributed by atoms with Crippen LogP contribution in [-0.4, -0.2) is 27.9 Å². The molecule has 7 nitrogen and oxygen atoms in total. The molecule has 9 heteroatoms. The predicted molar refractivity (Wildman–Crippen MR) is 76.4 cm³/mol. The van der Waals surface area contributed by atoms with Gasteiger partial charge in [0.25, 0.3) is 10.0 Å². The zero-order chi connectivity index (χ0) is 15.6. The summed E-state index contributed by atoms with van der Waals surface area (Å²) in [6, 6.07) is 6.16. The Balaban J connectivity index is 1.91. The van der Waals surface area contributed by atoms with Crippen LogP contribution >= 0.6 is 0 Å². The van der Waals surface area contributed by atoms with Crippen LogP contribution in [0.2, 0.25) is 0 Å². The number of nitrogens with zero attached hydrogens (tertiary/aromatic N) is 4. The number of hydrogen-bond donors (Lipinski definition) is 1. The summed E-state index contributed by atoms with van der Waals surface area (Å²) < 4.78 is 41.4. The third kappa shape index (κ3) is 2.93. The highest BCUT2D eigenvalue weighted by molar-refractivity contribution is 7.92. The third-order valence-corrected chi connectivity index (χ3v) is 4.12. The van der Waals surface area contributed by atoms with E-state index in [0.29, 0.717) is 5.82 Å². The molecule has 0 saturated carbocycles. The van der Waals surface area contributed by atoms with Crippen molar-refractivity contribution in [1.29, 1.82) is 0 Å². The Morgan fingerprint density at radius 1 is 1.18 bits per heavy atom. The van der Waals surface area contributed by atoms with E-state index in [1.165, 1.54) is 36.9 Å². The molecule has 1 N–H and O–H groups in total. The SMILES string of the molecule is O=S(=O)(Nc1cc(-n2ccnc2)ncn1)c1cccc(F)c1. The van der Waals surface area contributed by atoms with E-state index in [2.05, 4.69) is 19.7 Å². The van der Waals surface area contributed by atoms with Crippen LogP contribution in [0.25, 0.3) is 5.82 Å². The molecule has 0 aliphatic heterocycles. The molecule has 0 unspecified atom stereocenters. The molecule has 0 atom stereocenters. The first-order valence-electron chi connectivity index (χ1n) is 6.13. The van der Waals surface area contributed by atoms with Crippen molar-refractivity contribution in [3.8, 4) is 5.82 Å². The van der Waals surface area contributed by atoms with E-state index in [1.807, 2.05) is 0 Å². The van der Waals surface area contributed by atoms with Gasteiger partial charge in [0, 0.05) is 18.5 Å². The third-order valence-electron chi connectivity index (χ3n) is 2.77. The molecule has 3 aromatic rings. The largest absolute Gasteiger partial charge is 0.290 e. The lowest BCUT2D eigenvalue weighted by atomic mass is 10.4. The van der Waals surface area contributed by atoms with E-state index in [1.54, 1.807) is 17.0 Å². The van der Waals surface area contributed by atoms with E-state index < -0.39 is 15.8 Å². The average molecular weight is 319 g/mol. The summed E-state index contributed by atoms with van der Waals surface area (Å²) in [6.45, 7) is 0. The molecule has 0 aliphatic carbocycles. The average Bonchev–Trinajstić information content (AvgIpc) is 3.01.